The minimum atomic E-state index is -0.984. The van der Waals surface area contributed by atoms with Crippen molar-refractivity contribution in [3.63, 3.8) is 0 Å². The maximum atomic E-state index is 15.4. The Balaban J connectivity index is 1.23. The van der Waals surface area contributed by atoms with Crippen LogP contribution in [0.15, 0.2) is 71.8 Å². The number of carboxylic acids is 1. The zero-order valence-corrected chi connectivity index (χ0v) is 25.4. The molecule has 226 valence electrons. The van der Waals surface area contributed by atoms with Crippen molar-refractivity contribution in [3.05, 3.63) is 94.3 Å². The molecule has 0 radical (unpaired) electrons. The van der Waals surface area contributed by atoms with Crippen LogP contribution in [0.2, 0.25) is 0 Å². The normalized spacial score (nSPS) is 16.8. The minimum Gasteiger partial charge on any atom is -0.492 e. The Bertz CT molecular complexity index is 1750. The summed E-state index contributed by atoms with van der Waals surface area (Å²) in [5.74, 6) is -0.993. The van der Waals surface area contributed by atoms with Crippen LogP contribution < -0.4 is 4.74 Å². The van der Waals surface area contributed by atoms with Crippen LogP contribution >= 0.6 is 24.0 Å². The lowest BCUT2D eigenvalue weighted by Gasteiger charge is -2.26. The first-order valence-corrected chi connectivity index (χ1v) is 15.5. The van der Waals surface area contributed by atoms with Crippen molar-refractivity contribution in [2.24, 2.45) is 0 Å². The molecule has 1 aromatic heterocycles. The van der Waals surface area contributed by atoms with Crippen molar-refractivity contribution in [2.75, 3.05) is 46.0 Å². The highest BCUT2D eigenvalue weighted by Crippen LogP contribution is 2.37. The van der Waals surface area contributed by atoms with E-state index in [2.05, 4.69) is 9.88 Å². The molecule has 11 heteroatoms. The molecule has 0 bridgehead atoms. The van der Waals surface area contributed by atoms with Crippen molar-refractivity contribution in [1.82, 2.24) is 14.8 Å². The van der Waals surface area contributed by atoms with Crippen molar-refractivity contribution >= 4 is 57.2 Å². The summed E-state index contributed by atoms with van der Waals surface area (Å²) in [6.07, 6.45) is 4.07. The van der Waals surface area contributed by atoms with Crippen LogP contribution in [0.4, 0.5) is 4.39 Å². The van der Waals surface area contributed by atoms with Gasteiger partial charge in [-0.25, -0.2) is 9.18 Å². The molecule has 4 aromatic rings. The van der Waals surface area contributed by atoms with Crippen LogP contribution in [-0.2, 0) is 16.0 Å². The lowest BCUT2D eigenvalue weighted by molar-refractivity contribution is -0.122. The van der Waals surface area contributed by atoms with Crippen LogP contribution in [-0.4, -0.2) is 82.1 Å². The van der Waals surface area contributed by atoms with Gasteiger partial charge in [0, 0.05) is 54.4 Å². The number of aromatic amines is 1. The van der Waals surface area contributed by atoms with Gasteiger partial charge < -0.3 is 19.6 Å². The Morgan fingerprint density at radius 3 is 2.64 bits per heavy atom. The van der Waals surface area contributed by atoms with E-state index >= 15 is 4.39 Å². The summed E-state index contributed by atoms with van der Waals surface area (Å²) < 4.78 is 27.5. The second kappa shape index (κ2) is 13.3. The molecule has 2 saturated heterocycles. The molecule has 6 rings (SSSR count). The van der Waals surface area contributed by atoms with Gasteiger partial charge in [0.2, 0.25) is 0 Å². The smallest absolute Gasteiger partial charge is 0.335 e. The van der Waals surface area contributed by atoms with E-state index < -0.39 is 5.97 Å². The summed E-state index contributed by atoms with van der Waals surface area (Å²) in [7, 11) is 0. The molecule has 0 saturated carbocycles. The first-order chi connectivity index (χ1) is 21.4. The van der Waals surface area contributed by atoms with E-state index in [1.165, 1.54) is 17.8 Å². The topological polar surface area (TPSA) is 95.1 Å². The van der Waals surface area contributed by atoms with E-state index in [-0.39, 0.29) is 17.3 Å². The largest absolute Gasteiger partial charge is 0.492 e. The molecule has 1 amide bonds. The summed E-state index contributed by atoms with van der Waals surface area (Å²) in [5, 5.41) is 9.89. The molecule has 0 spiro atoms. The molecule has 0 unspecified atom stereocenters. The third kappa shape index (κ3) is 6.71. The van der Waals surface area contributed by atoms with Gasteiger partial charge in [-0.15, -0.1) is 0 Å². The van der Waals surface area contributed by atoms with Crippen LogP contribution in [0.3, 0.4) is 0 Å². The molecule has 2 aliphatic rings. The van der Waals surface area contributed by atoms with E-state index in [1.54, 1.807) is 47.5 Å². The number of rotatable bonds is 10. The van der Waals surface area contributed by atoms with Crippen molar-refractivity contribution in [1.29, 1.82) is 0 Å². The highest BCUT2D eigenvalue weighted by molar-refractivity contribution is 8.26. The summed E-state index contributed by atoms with van der Waals surface area (Å²) in [6, 6.07) is 17.2. The molecule has 44 heavy (non-hydrogen) atoms. The fraction of sp³-hybridized carbons (Fsp3) is 0.242. The number of aromatic nitrogens is 1. The molecule has 2 fully saturated rings. The predicted molar refractivity (Wildman–Crippen MR) is 173 cm³/mol. The number of aromatic carboxylic acids is 1. The lowest BCUT2D eigenvalue weighted by atomic mass is 9.99. The SMILES string of the molecule is O=C(O)c1ccc(CCN2C(=O)/C(=C/c3ccc(OCCN4CCOCC4)c(-c4cc5[nH]ccc5cc4F)c3)SC2=S)cc1. The number of halogens is 1. The number of fused-ring (bicyclic) bond motifs is 1. The Kier molecular flexibility index (Phi) is 9.08. The molecular formula is C33H30FN3O5S2. The average Bonchev–Trinajstić information content (AvgIpc) is 3.59. The van der Waals surface area contributed by atoms with E-state index in [9.17, 15) is 9.59 Å². The molecule has 0 atom stereocenters. The Labute approximate surface area is 263 Å². The van der Waals surface area contributed by atoms with Gasteiger partial charge in [0.05, 0.1) is 23.7 Å². The van der Waals surface area contributed by atoms with Gasteiger partial charge >= 0.3 is 5.97 Å². The summed E-state index contributed by atoms with van der Waals surface area (Å²) in [5.41, 5.74) is 3.64. The van der Waals surface area contributed by atoms with Crippen molar-refractivity contribution < 1.29 is 28.6 Å². The number of ether oxygens (including phenoxy) is 2. The van der Waals surface area contributed by atoms with Crippen LogP contribution in [0, 0.1) is 5.82 Å². The van der Waals surface area contributed by atoms with Crippen molar-refractivity contribution in [3.8, 4) is 16.9 Å². The number of nitrogens with zero attached hydrogens (tertiary/aromatic N) is 2. The lowest BCUT2D eigenvalue weighted by Crippen LogP contribution is -2.38. The van der Waals surface area contributed by atoms with E-state index in [0.717, 1.165) is 41.7 Å². The summed E-state index contributed by atoms with van der Waals surface area (Å²) in [6.45, 7) is 4.65. The van der Waals surface area contributed by atoms with Crippen LogP contribution in [0.5, 0.6) is 5.75 Å². The maximum absolute atomic E-state index is 15.4. The highest BCUT2D eigenvalue weighted by Gasteiger charge is 2.31. The van der Waals surface area contributed by atoms with Crippen LogP contribution in [0.1, 0.15) is 21.5 Å². The first kappa shape index (κ1) is 30.0. The van der Waals surface area contributed by atoms with Gasteiger partial charge in [-0.1, -0.05) is 42.2 Å². The third-order valence-corrected chi connectivity index (χ3v) is 9.08. The van der Waals surface area contributed by atoms with Gasteiger partial charge in [0.1, 0.15) is 22.5 Å². The number of morpholine rings is 1. The number of benzene rings is 3. The zero-order valence-electron chi connectivity index (χ0n) is 23.8. The first-order valence-electron chi connectivity index (χ1n) is 14.3. The van der Waals surface area contributed by atoms with E-state index in [1.807, 2.05) is 24.3 Å². The third-order valence-electron chi connectivity index (χ3n) is 7.70. The number of nitrogens with one attached hydrogen (secondary N) is 1. The quantitative estimate of drug-likeness (QED) is 0.167. The summed E-state index contributed by atoms with van der Waals surface area (Å²) in [4.78, 5) is 31.9. The average molecular weight is 632 g/mol. The number of H-pyrrole nitrogens is 1. The predicted octanol–water partition coefficient (Wildman–Crippen LogP) is 5.83. The molecule has 8 nitrogen and oxygen atoms in total. The molecular weight excluding hydrogens is 602 g/mol. The van der Waals surface area contributed by atoms with Gasteiger partial charge in [-0.2, -0.15) is 0 Å². The second-order valence-electron chi connectivity index (χ2n) is 10.5. The molecule has 2 N–H and O–H groups in total. The highest BCUT2D eigenvalue weighted by atomic mass is 32.2. The minimum absolute atomic E-state index is 0.200. The number of thiocarbonyl (C=S) groups is 1. The number of hydrogen-bond acceptors (Lipinski definition) is 7. The number of carbonyl (C=O) groups is 2. The van der Waals surface area contributed by atoms with Crippen LogP contribution in [0.25, 0.3) is 28.1 Å². The molecule has 2 aliphatic heterocycles. The Hall–Kier alpha value is -4.03. The fourth-order valence-corrected chi connectivity index (χ4v) is 6.57. The molecule has 3 aromatic carbocycles. The van der Waals surface area contributed by atoms with Gasteiger partial charge in [0.25, 0.3) is 5.91 Å². The van der Waals surface area contributed by atoms with Gasteiger partial charge in [0.15, 0.2) is 0 Å². The maximum Gasteiger partial charge on any atom is 0.335 e. The van der Waals surface area contributed by atoms with Crippen molar-refractivity contribution in [2.45, 2.75) is 6.42 Å². The van der Waals surface area contributed by atoms with Gasteiger partial charge in [-0.3, -0.25) is 14.6 Å². The Morgan fingerprint density at radius 1 is 1.07 bits per heavy atom. The van der Waals surface area contributed by atoms with E-state index in [4.69, 9.17) is 26.8 Å². The number of amides is 1. The fourth-order valence-electron chi connectivity index (χ4n) is 5.26. The molecule has 3 heterocycles. The van der Waals surface area contributed by atoms with Gasteiger partial charge in [-0.05, 0) is 66.1 Å². The Morgan fingerprint density at radius 2 is 1.86 bits per heavy atom. The zero-order chi connectivity index (χ0) is 30.6. The number of carbonyl (C=O) groups excluding carboxylic acids is 1. The monoisotopic (exact) mass is 631 g/mol. The number of thioether (sulfide) groups is 1. The number of hydrogen-bond donors (Lipinski definition) is 2. The standard InChI is InChI=1S/C33H30FN3O5S2/c34-27-19-24-7-9-35-28(24)20-25(27)26-17-22(3-6-29(26)42-16-13-36-11-14-41-15-12-36)18-30-31(38)37(33(43)44-30)10-8-21-1-4-23(5-2-21)32(39)40/h1-7,9,17-20,35H,8,10-16H2,(H,39,40)/b30-18-. The second-order valence-corrected chi connectivity index (χ2v) is 12.2. The molecule has 0 aliphatic carbocycles. The van der Waals surface area contributed by atoms with E-state index in [0.29, 0.717) is 58.9 Å². The number of carboxylic acid groups (broad SMARTS) is 1. The summed E-state index contributed by atoms with van der Waals surface area (Å²) >= 11 is 6.75.